The van der Waals surface area contributed by atoms with Gasteiger partial charge in [0, 0.05) is 36.9 Å². The van der Waals surface area contributed by atoms with E-state index in [0.29, 0.717) is 11.6 Å². The van der Waals surface area contributed by atoms with Gasteiger partial charge in [0.1, 0.15) is 5.69 Å². The van der Waals surface area contributed by atoms with Crippen molar-refractivity contribution in [3.05, 3.63) is 58.8 Å². The van der Waals surface area contributed by atoms with E-state index in [1.807, 2.05) is 24.5 Å². The molecule has 3 heterocycles. The van der Waals surface area contributed by atoms with Gasteiger partial charge in [-0.3, -0.25) is 4.48 Å². The first kappa shape index (κ1) is 18.0. The van der Waals surface area contributed by atoms with E-state index in [1.165, 1.54) is 16.8 Å². The zero-order chi connectivity index (χ0) is 19.0. The Balaban J connectivity index is 1.50. The molecule has 0 bridgehead atoms. The number of rotatable bonds is 4. The highest BCUT2D eigenvalue weighted by Crippen LogP contribution is 2.37. The van der Waals surface area contributed by atoms with Crippen molar-refractivity contribution in [3.8, 4) is 5.75 Å². The van der Waals surface area contributed by atoms with E-state index >= 15 is 0 Å². The number of fused-ring (bicyclic) bond motifs is 2. The molecule has 0 amide bonds. The lowest BCUT2D eigenvalue weighted by Gasteiger charge is -2.42. The zero-order valence-corrected chi connectivity index (χ0v) is 16.5. The van der Waals surface area contributed by atoms with Crippen LogP contribution in [0.15, 0.2) is 47.1 Å². The monoisotopic (exact) mass is 399 g/mol. The van der Waals surface area contributed by atoms with Crippen LogP contribution >= 0.6 is 11.6 Å². The van der Waals surface area contributed by atoms with Gasteiger partial charge >= 0.3 is 0 Å². The van der Waals surface area contributed by atoms with E-state index in [-0.39, 0.29) is 0 Å². The number of nitrogens with zero attached hydrogens (tertiary/aromatic N) is 1. The second-order valence-corrected chi connectivity index (χ2v) is 8.01. The number of piperazine rings is 1. The standard InChI is InChI=1S/C22H24ClN2O3/c23-19-4-1-3-17-16(15-26-22(17)19)7-11-25(12-9-24-10-13-25)20-5-2-6-21-18(20)8-14-27-28-21/h1-6,15,24H,7-14H2/q+1. The van der Waals surface area contributed by atoms with Gasteiger partial charge in [-0.2, -0.15) is 4.89 Å². The second-order valence-electron chi connectivity index (χ2n) is 7.60. The number of hydrogen-bond acceptors (Lipinski definition) is 4. The number of quaternary nitrogens is 1. The fourth-order valence-electron chi connectivity index (χ4n) is 4.59. The van der Waals surface area contributed by atoms with Gasteiger partial charge in [-0.05, 0) is 18.2 Å². The van der Waals surface area contributed by atoms with Gasteiger partial charge in [0.05, 0.1) is 43.1 Å². The molecule has 28 heavy (non-hydrogen) atoms. The Bertz CT molecular complexity index is 995. The summed E-state index contributed by atoms with van der Waals surface area (Å²) in [6.07, 6.45) is 3.70. The minimum absolute atomic E-state index is 0.604. The number of benzene rings is 2. The highest BCUT2D eigenvalue weighted by atomic mass is 35.5. The van der Waals surface area contributed by atoms with E-state index in [4.69, 9.17) is 25.8 Å². The predicted molar refractivity (Wildman–Crippen MR) is 111 cm³/mol. The summed E-state index contributed by atoms with van der Waals surface area (Å²) in [5.74, 6) is 0.861. The van der Waals surface area contributed by atoms with Gasteiger partial charge in [0.15, 0.2) is 11.3 Å². The Morgan fingerprint density at radius 2 is 1.93 bits per heavy atom. The lowest BCUT2D eigenvalue weighted by molar-refractivity contribution is -0.215. The van der Waals surface area contributed by atoms with Crippen LogP contribution in [0.25, 0.3) is 11.0 Å². The van der Waals surface area contributed by atoms with Crippen molar-refractivity contribution in [1.29, 1.82) is 0 Å². The highest BCUT2D eigenvalue weighted by Gasteiger charge is 2.36. The maximum atomic E-state index is 6.29. The van der Waals surface area contributed by atoms with Gasteiger partial charge in [-0.15, -0.1) is 0 Å². The summed E-state index contributed by atoms with van der Waals surface area (Å²) in [6.45, 7) is 5.77. The minimum Gasteiger partial charge on any atom is -0.462 e. The molecule has 6 heteroatoms. The number of para-hydroxylation sites is 1. The third kappa shape index (κ3) is 3.08. The van der Waals surface area contributed by atoms with Crippen molar-refractivity contribution < 1.29 is 14.2 Å². The van der Waals surface area contributed by atoms with Crippen LogP contribution in [0.4, 0.5) is 5.69 Å². The highest BCUT2D eigenvalue weighted by molar-refractivity contribution is 6.34. The van der Waals surface area contributed by atoms with Crippen molar-refractivity contribution in [2.45, 2.75) is 12.8 Å². The third-order valence-electron chi connectivity index (χ3n) is 6.08. The number of halogens is 1. The number of nitrogens with one attached hydrogen (secondary N) is 1. The van der Waals surface area contributed by atoms with Crippen LogP contribution in [0.5, 0.6) is 5.75 Å². The topological polar surface area (TPSA) is 43.6 Å². The van der Waals surface area contributed by atoms with Gasteiger partial charge in [-0.25, -0.2) is 0 Å². The molecule has 0 spiro atoms. The summed E-state index contributed by atoms with van der Waals surface area (Å²) in [7, 11) is 0. The van der Waals surface area contributed by atoms with E-state index in [0.717, 1.165) is 66.8 Å². The molecule has 0 aliphatic carbocycles. The summed E-state index contributed by atoms with van der Waals surface area (Å²) in [4.78, 5) is 10.7. The average molecular weight is 400 g/mol. The number of hydrogen-bond donors (Lipinski definition) is 1. The van der Waals surface area contributed by atoms with E-state index in [2.05, 4.69) is 23.5 Å². The quantitative estimate of drug-likeness (QED) is 0.529. The SMILES string of the molecule is Clc1cccc2c(CC[N+]3(c4cccc5c4CCOO5)CCNCC3)coc12. The molecule has 2 aliphatic rings. The molecule has 2 aliphatic heterocycles. The molecule has 0 atom stereocenters. The van der Waals surface area contributed by atoms with Crippen LogP contribution in [-0.2, 0) is 17.7 Å². The van der Waals surface area contributed by atoms with Crippen molar-refractivity contribution in [1.82, 2.24) is 9.80 Å². The largest absolute Gasteiger partial charge is 0.462 e. The normalized spacial score (nSPS) is 18.6. The van der Waals surface area contributed by atoms with Crippen LogP contribution in [0.2, 0.25) is 5.02 Å². The van der Waals surface area contributed by atoms with Crippen LogP contribution in [-0.4, -0.2) is 39.3 Å². The van der Waals surface area contributed by atoms with Gasteiger partial charge in [0.2, 0.25) is 0 Å². The summed E-state index contributed by atoms with van der Waals surface area (Å²) in [6, 6.07) is 12.3. The molecule has 1 saturated heterocycles. The zero-order valence-electron chi connectivity index (χ0n) is 15.7. The Kier molecular flexibility index (Phi) is 4.77. The smallest absolute Gasteiger partial charge is 0.174 e. The van der Waals surface area contributed by atoms with Crippen molar-refractivity contribution in [3.63, 3.8) is 0 Å². The van der Waals surface area contributed by atoms with Crippen LogP contribution in [0.3, 0.4) is 0 Å². The predicted octanol–water partition coefficient (Wildman–Crippen LogP) is 4.11. The Morgan fingerprint density at radius 3 is 2.82 bits per heavy atom. The Morgan fingerprint density at radius 1 is 1.07 bits per heavy atom. The average Bonchev–Trinajstić information content (AvgIpc) is 3.17. The molecular formula is C22H24ClN2O3+. The van der Waals surface area contributed by atoms with Gasteiger partial charge in [-0.1, -0.05) is 29.8 Å². The summed E-state index contributed by atoms with van der Waals surface area (Å²) < 4.78 is 6.71. The van der Waals surface area contributed by atoms with Crippen molar-refractivity contribution in [2.75, 3.05) is 39.3 Å². The molecule has 5 nitrogen and oxygen atoms in total. The molecule has 1 fully saturated rings. The first-order chi connectivity index (χ1) is 13.8. The maximum absolute atomic E-state index is 6.29. The summed E-state index contributed by atoms with van der Waals surface area (Å²) in [5.41, 5.74) is 4.66. The van der Waals surface area contributed by atoms with Crippen molar-refractivity contribution >= 4 is 28.3 Å². The van der Waals surface area contributed by atoms with Crippen LogP contribution in [0.1, 0.15) is 11.1 Å². The van der Waals surface area contributed by atoms with Crippen molar-refractivity contribution in [2.24, 2.45) is 0 Å². The third-order valence-corrected chi connectivity index (χ3v) is 6.38. The maximum Gasteiger partial charge on any atom is 0.174 e. The molecule has 0 unspecified atom stereocenters. The van der Waals surface area contributed by atoms with Crippen LogP contribution in [0, 0.1) is 0 Å². The minimum atomic E-state index is 0.604. The lowest BCUT2D eigenvalue weighted by Crippen LogP contribution is -2.61. The van der Waals surface area contributed by atoms with E-state index in [1.54, 1.807) is 0 Å². The first-order valence-corrected chi connectivity index (χ1v) is 10.3. The summed E-state index contributed by atoms with van der Waals surface area (Å²) in [5, 5.41) is 5.30. The van der Waals surface area contributed by atoms with E-state index in [9.17, 15) is 0 Å². The molecule has 1 aromatic heterocycles. The molecule has 3 aromatic rings. The fraction of sp³-hybridized carbons (Fsp3) is 0.364. The molecule has 0 saturated carbocycles. The molecular weight excluding hydrogens is 376 g/mol. The molecule has 5 rings (SSSR count). The molecule has 146 valence electrons. The molecule has 1 N–H and O–H groups in total. The van der Waals surface area contributed by atoms with Gasteiger partial charge < -0.3 is 14.6 Å². The van der Waals surface area contributed by atoms with Gasteiger partial charge in [0.25, 0.3) is 0 Å². The Labute approximate surface area is 169 Å². The molecule has 2 aromatic carbocycles. The molecule has 0 radical (unpaired) electrons. The lowest BCUT2D eigenvalue weighted by atomic mass is 10.0. The summed E-state index contributed by atoms with van der Waals surface area (Å²) >= 11 is 6.29. The number of furan rings is 1. The second kappa shape index (κ2) is 7.41. The van der Waals surface area contributed by atoms with Crippen LogP contribution < -0.4 is 14.7 Å². The first-order valence-electron chi connectivity index (χ1n) is 9.90. The fourth-order valence-corrected chi connectivity index (χ4v) is 4.81. The van der Waals surface area contributed by atoms with E-state index < -0.39 is 0 Å². The Hall–Kier alpha value is -2.05.